The van der Waals surface area contributed by atoms with Gasteiger partial charge in [-0.05, 0) is 31.6 Å². The molecule has 1 aliphatic carbocycles. The van der Waals surface area contributed by atoms with Crippen LogP contribution in [0.2, 0.25) is 0 Å². The van der Waals surface area contributed by atoms with Gasteiger partial charge in [-0.25, -0.2) is 0 Å². The van der Waals surface area contributed by atoms with Crippen LogP contribution < -0.4 is 5.32 Å². The Labute approximate surface area is 116 Å². The van der Waals surface area contributed by atoms with Crippen LogP contribution in [0.4, 0.5) is 0 Å². The first-order chi connectivity index (χ1) is 9.08. The second-order valence-electron chi connectivity index (χ2n) is 6.26. The monoisotopic (exact) mass is 268 g/mol. The Kier molecular flexibility index (Phi) is 4.85. The van der Waals surface area contributed by atoms with Crippen molar-refractivity contribution in [3.8, 4) is 0 Å². The van der Waals surface area contributed by atoms with E-state index in [0.29, 0.717) is 24.0 Å². The molecule has 1 aliphatic heterocycles. The summed E-state index contributed by atoms with van der Waals surface area (Å²) in [5, 5.41) is 3.54. The second-order valence-corrected chi connectivity index (χ2v) is 6.26. The maximum Gasteiger partial charge on any atom is 0.241 e. The molecule has 0 radical (unpaired) electrons. The van der Waals surface area contributed by atoms with Gasteiger partial charge in [-0.15, -0.1) is 0 Å². The summed E-state index contributed by atoms with van der Waals surface area (Å²) in [6, 6.07) is 0.364. The fraction of sp³-hybridized carbons (Fsp3) is 0.933. The van der Waals surface area contributed by atoms with E-state index in [4.69, 9.17) is 4.74 Å². The number of methoxy groups -OCH3 is 1. The van der Waals surface area contributed by atoms with Crippen molar-refractivity contribution in [2.24, 2.45) is 5.92 Å². The summed E-state index contributed by atoms with van der Waals surface area (Å²) in [5.41, 5.74) is 0. The van der Waals surface area contributed by atoms with E-state index in [1.807, 2.05) is 0 Å². The highest BCUT2D eigenvalue weighted by Gasteiger charge is 2.44. The van der Waals surface area contributed by atoms with Gasteiger partial charge in [0, 0.05) is 13.2 Å². The van der Waals surface area contributed by atoms with Crippen LogP contribution in [0.25, 0.3) is 0 Å². The van der Waals surface area contributed by atoms with Crippen molar-refractivity contribution < 1.29 is 9.53 Å². The van der Waals surface area contributed by atoms with Crippen molar-refractivity contribution in [1.82, 2.24) is 10.2 Å². The lowest BCUT2D eigenvalue weighted by molar-refractivity contribution is -0.133. The number of nitrogens with zero attached hydrogens (tertiary/aromatic N) is 1. The standard InChI is InChI=1S/C15H28N2O2/c1-5-6-13-16-14(10(2)3)15(18)17(13)11-7-8-12(9-11)19-4/h10-14,16H,5-9H2,1-4H3. The molecule has 4 nitrogen and oxygen atoms in total. The van der Waals surface area contributed by atoms with Gasteiger partial charge < -0.3 is 9.64 Å². The molecule has 4 unspecified atom stereocenters. The van der Waals surface area contributed by atoms with Crippen molar-refractivity contribution in [2.45, 2.75) is 77.2 Å². The van der Waals surface area contributed by atoms with Crippen molar-refractivity contribution in [2.75, 3.05) is 7.11 Å². The maximum absolute atomic E-state index is 12.6. The van der Waals surface area contributed by atoms with E-state index in [-0.39, 0.29) is 12.2 Å². The van der Waals surface area contributed by atoms with E-state index < -0.39 is 0 Å². The molecule has 1 saturated heterocycles. The quantitative estimate of drug-likeness (QED) is 0.830. The van der Waals surface area contributed by atoms with Crippen molar-refractivity contribution in [3.63, 3.8) is 0 Å². The molecule has 2 fully saturated rings. The molecule has 0 spiro atoms. The number of nitrogens with one attached hydrogen (secondary N) is 1. The number of hydrogen-bond donors (Lipinski definition) is 1. The zero-order chi connectivity index (χ0) is 14.0. The largest absolute Gasteiger partial charge is 0.381 e. The third-order valence-corrected chi connectivity index (χ3v) is 4.54. The molecule has 0 aromatic rings. The molecule has 2 aliphatic rings. The molecule has 0 aromatic carbocycles. The van der Waals surface area contributed by atoms with Gasteiger partial charge in [0.05, 0.1) is 18.3 Å². The molecule has 1 N–H and O–H groups in total. The summed E-state index contributed by atoms with van der Waals surface area (Å²) in [7, 11) is 1.78. The van der Waals surface area contributed by atoms with E-state index in [1.165, 1.54) is 0 Å². The first kappa shape index (κ1) is 14.8. The van der Waals surface area contributed by atoms with Gasteiger partial charge in [0.15, 0.2) is 0 Å². The molecule has 2 rings (SSSR count). The van der Waals surface area contributed by atoms with Gasteiger partial charge in [-0.2, -0.15) is 0 Å². The zero-order valence-electron chi connectivity index (χ0n) is 12.7. The molecule has 1 heterocycles. The van der Waals surface area contributed by atoms with Crippen LogP contribution in [-0.4, -0.2) is 42.3 Å². The van der Waals surface area contributed by atoms with Crippen LogP contribution in [-0.2, 0) is 9.53 Å². The summed E-state index contributed by atoms with van der Waals surface area (Å²) in [5.74, 6) is 0.659. The molecule has 1 saturated carbocycles. The summed E-state index contributed by atoms with van der Waals surface area (Å²) < 4.78 is 5.45. The molecule has 110 valence electrons. The van der Waals surface area contributed by atoms with E-state index in [0.717, 1.165) is 32.1 Å². The number of amides is 1. The first-order valence-corrected chi connectivity index (χ1v) is 7.69. The van der Waals surface area contributed by atoms with E-state index in [9.17, 15) is 4.79 Å². The molecule has 4 atom stereocenters. The van der Waals surface area contributed by atoms with Crippen LogP contribution >= 0.6 is 0 Å². The third-order valence-electron chi connectivity index (χ3n) is 4.54. The van der Waals surface area contributed by atoms with Gasteiger partial charge in [-0.3, -0.25) is 10.1 Å². The van der Waals surface area contributed by atoms with E-state index in [1.54, 1.807) is 7.11 Å². The number of ether oxygens (including phenoxy) is 1. The Balaban J connectivity index is 2.09. The lowest BCUT2D eigenvalue weighted by Crippen LogP contribution is -2.43. The van der Waals surface area contributed by atoms with Crippen molar-refractivity contribution >= 4 is 5.91 Å². The second kappa shape index (κ2) is 6.23. The van der Waals surface area contributed by atoms with Crippen LogP contribution in [0.1, 0.15) is 52.9 Å². The van der Waals surface area contributed by atoms with Gasteiger partial charge in [0.2, 0.25) is 5.91 Å². The maximum atomic E-state index is 12.6. The average molecular weight is 268 g/mol. The lowest BCUT2D eigenvalue weighted by Gasteiger charge is -2.30. The summed E-state index contributed by atoms with van der Waals surface area (Å²) in [6.45, 7) is 6.42. The highest BCUT2D eigenvalue weighted by Crippen LogP contribution is 2.31. The number of rotatable bonds is 5. The van der Waals surface area contributed by atoms with Gasteiger partial charge >= 0.3 is 0 Å². The Morgan fingerprint density at radius 1 is 1.42 bits per heavy atom. The fourth-order valence-electron chi connectivity index (χ4n) is 3.47. The molecular weight excluding hydrogens is 240 g/mol. The van der Waals surface area contributed by atoms with Crippen molar-refractivity contribution in [3.05, 3.63) is 0 Å². The minimum absolute atomic E-state index is 0.00172. The van der Waals surface area contributed by atoms with Gasteiger partial charge in [0.1, 0.15) is 0 Å². The van der Waals surface area contributed by atoms with Crippen molar-refractivity contribution in [1.29, 1.82) is 0 Å². The minimum Gasteiger partial charge on any atom is -0.381 e. The summed E-state index contributed by atoms with van der Waals surface area (Å²) in [4.78, 5) is 14.8. The Morgan fingerprint density at radius 3 is 2.68 bits per heavy atom. The lowest BCUT2D eigenvalue weighted by atomic mass is 10.0. The molecule has 0 bridgehead atoms. The predicted octanol–water partition coefficient (Wildman–Crippen LogP) is 2.14. The predicted molar refractivity (Wildman–Crippen MR) is 75.7 cm³/mol. The molecule has 19 heavy (non-hydrogen) atoms. The van der Waals surface area contributed by atoms with Gasteiger partial charge in [-0.1, -0.05) is 27.2 Å². The molecule has 1 amide bonds. The topological polar surface area (TPSA) is 41.6 Å². The van der Waals surface area contributed by atoms with Crippen LogP contribution in [0.5, 0.6) is 0 Å². The Bertz CT molecular complexity index is 319. The van der Waals surface area contributed by atoms with Crippen LogP contribution in [0, 0.1) is 5.92 Å². The van der Waals surface area contributed by atoms with Gasteiger partial charge in [0.25, 0.3) is 0 Å². The third kappa shape index (κ3) is 2.95. The Hall–Kier alpha value is -0.610. The fourth-order valence-corrected chi connectivity index (χ4v) is 3.47. The Morgan fingerprint density at radius 2 is 2.16 bits per heavy atom. The highest BCUT2D eigenvalue weighted by atomic mass is 16.5. The highest BCUT2D eigenvalue weighted by molar-refractivity contribution is 5.85. The van der Waals surface area contributed by atoms with E-state index >= 15 is 0 Å². The molecular formula is C15H28N2O2. The normalized spacial score (nSPS) is 35.6. The number of carbonyl (C=O) groups excluding carboxylic acids is 1. The summed E-state index contributed by atoms with van der Waals surface area (Å²) in [6.07, 6.45) is 5.86. The SMILES string of the molecule is CCCC1NC(C(C)C)C(=O)N1C1CCC(OC)C1. The molecule has 4 heteroatoms. The minimum atomic E-state index is -0.00172. The van der Waals surface area contributed by atoms with E-state index in [2.05, 4.69) is 31.0 Å². The van der Waals surface area contributed by atoms with Crippen LogP contribution in [0.15, 0.2) is 0 Å². The number of carbonyl (C=O) groups is 1. The summed E-state index contributed by atoms with van der Waals surface area (Å²) >= 11 is 0. The smallest absolute Gasteiger partial charge is 0.241 e. The zero-order valence-corrected chi connectivity index (χ0v) is 12.7. The molecule has 0 aromatic heterocycles. The number of hydrogen-bond acceptors (Lipinski definition) is 3. The average Bonchev–Trinajstić information content (AvgIpc) is 2.94. The first-order valence-electron chi connectivity index (χ1n) is 7.69. The van der Waals surface area contributed by atoms with Crippen LogP contribution in [0.3, 0.4) is 0 Å².